The number of hydrogen-bond donors (Lipinski definition) is 0. The van der Waals surface area contributed by atoms with Gasteiger partial charge in [-0.3, -0.25) is 5.01 Å². The van der Waals surface area contributed by atoms with Crippen LogP contribution < -0.4 is 0 Å². The number of hydrogen-bond acceptors (Lipinski definition) is 3. The summed E-state index contributed by atoms with van der Waals surface area (Å²) in [6.45, 7) is 0. The highest BCUT2D eigenvalue weighted by Gasteiger charge is 2.61. The van der Waals surface area contributed by atoms with Crippen molar-refractivity contribution in [3.8, 4) is 0 Å². The monoisotopic (exact) mass is 351 g/mol. The Kier molecular flexibility index (Phi) is 4.18. The van der Waals surface area contributed by atoms with Crippen molar-refractivity contribution in [2.45, 2.75) is 20.6 Å². The summed E-state index contributed by atoms with van der Waals surface area (Å²) in [7, 11) is 1.23. The van der Waals surface area contributed by atoms with Gasteiger partial charge in [-0.2, -0.15) is 5.10 Å². The summed E-state index contributed by atoms with van der Waals surface area (Å²) in [6, 6.07) is 0. The largest absolute Gasteiger partial charge is 0.487 e. The molecule has 0 amide bonds. The first kappa shape index (κ1) is 15.6. The van der Waals surface area contributed by atoms with E-state index in [4.69, 9.17) is 58.0 Å². The Hall–Kier alpha value is 0.510. The highest BCUT2D eigenvalue weighted by molar-refractivity contribution is 6.75. The van der Waals surface area contributed by atoms with E-state index in [0.29, 0.717) is 6.34 Å². The minimum Gasteiger partial charge on any atom is -0.273 e. The molecule has 1 aliphatic rings. The SMILES string of the molecule is CN1N=CN(C(F)(F)F)C1C(Cl)(Cl)C(Cl)(Cl)Cl. The van der Waals surface area contributed by atoms with Gasteiger partial charge in [-0.1, -0.05) is 58.0 Å². The van der Waals surface area contributed by atoms with E-state index in [0.717, 1.165) is 5.01 Å². The predicted molar refractivity (Wildman–Crippen MR) is 62.7 cm³/mol. The van der Waals surface area contributed by atoms with Crippen molar-refractivity contribution in [1.29, 1.82) is 0 Å². The van der Waals surface area contributed by atoms with Crippen LogP contribution in [0.2, 0.25) is 0 Å². The zero-order valence-corrected chi connectivity index (χ0v) is 11.8. The second-order valence-corrected chi connectivity index (χ2v) is 6.84. The van der Waals surface area contributed by atoms with Gasteiger partial charge in [0.2, 0.25) is 8.13 Å². The molecule has 0 aromatic heterocycles. The van der Waals surface area contributed by atoms with E-state index in [1.165, 1.54) is 7.05 Å². The molecule has 0 aromatic carbocycles. The van der Waals surface area contributed by atoms with E-state index in [-0.39, 0.29) is 4.90 Å². The summed E-state index contributed by atoms with van der Waals surface area (Å²) in [5.41, 5.74) is 0. The standard InChI is InChI=1S/C6H5Cl5F3N3/c1-16-3(4(7,8)5(9,10)11)17(2-15-16)6(12,13)14/h2-3H,1H3. The molecule has 1 heterocycles. The quantitative estimate of drug-likeness (QED) is 0.530. The lowest BCUT2D eigenvalue weighted by Gasteiger charge is -2.40. The highest BCUT2D eigenvalue weighted by Crippen LogP contribution is 2.51. The van der Waals surface area contributed by atoms with Crippen LogP contribution in [-0.2, 0) is 0 Å². The number of rotatable bonds is 1. The molecule has 11 heteroatoms. The minimum atomic E-state index is -4.75. The zero-order chi connectivity index (χ0) is 13.6. The number of hydrazone groups is 1. The van der Waals surface area contributed by atoms with E-state index in [9.17, 15) is 13.2 Å². The lowest BCUT2D eigenvalue weighted by atomic mass is 10.3. The maximum atomic E-state index is 12.7. The Morgan fingerprint density at radius 1 is 1.12 bits per heavy atom. The van der Waals surface area contributed by atoms with Gasteiger partial charge in [-0.15, -0.1) is 13.2 Å². The number of nitrogens with zero attached hydrogens (tertiary/aromatic N) is 3. The molecule has 0 N–H and O–H groups in total. The van der Waals surface area contributed by atoms with Gasteiger partial charge in [0, 0.05) is 7.05 Å². The molecule has 0 saturated carbocycles. The first-order chi connectivity index (χ1) is 7.39. The molecule has 1 rings (SSSR count). The van der Waals surface area contributed by atoms with Crippen LogP contribution in [0.25, 0.3) is 0 Å². The molecular weight excluding hydrogens is 348 g/mol. The van der Waals surface area contributed by atoms with Crippen LogP contribution in [-0.4, -0.2) is 43.9 Å². The van der Waals surface area contributed by atoms with Gasteiger partial charge in [-0.25, -0.2) is 4.90 Å². The second-order valence-electron chi connectivity index (χ2n) is 3.17. The molecule has 0 saturated heterocycles. The lowest BCUT2D eigenvalue weighted by molar-refractivity contribution is -0.235. The van der Waals surface area contributed by atoms with Crippen molar-refractivity contribution in [1.82, 2.24) is 9.91 Å². The van der Waals surface area contributed by atoms with Crippen LogP contribution in [0.1, 0.15) is 0 Å². The molecule has 0 aliphatic carbocycles. The van der Waals surface area contributed by atoms with Gasteiger partial charge in [0.05, 0.1) is 0 Å². The van der Waals surface area contributed by atoms with Gasteiger partial charge in [0.15, 0.2) is 6.17 Å². The summed E-state index contributed by atoms with van der Waals surface area (Å²) in [4.78, 5) is -0.144. The van der Waals surface area contributed by atoms with E-state index in [1.54, 1.807) is 0 Å². The topological polar surface area (TPSA) is 18.8 Å². The second kappa shape index (κ2) is 4.56. The average Bonchev–Trinajstić information content (AvgIpc) is 2.44. The maximum Gasteiger partial charge on any atom is 0.487 e. The third kappa shape index (κ3) is 2.92. The molecule has 17 heavy (non-hydrogen) atoms. The van der Waals surface area contributed by atoms with Crippen molar-refractivity contribution in [3.05, 3.63) is 0 Å². The molecule has 100 valence electrons. The zero-order valence-electron chi connectivity index (χ0n) is 8.02. The Morgan fingerprint density at radius 2 is 1.59 bits per heavy atom. The smallest absolute Gasteiger partial charge is 0.273 e. The van der Waals surface area contributed by atoms with E-state index in [1.807, 2.05) is 0 Å². The fraction of sp³-hybridized carbons (Fsp3) is 0.833. The lowest BCUT2D eigenvalue weighted by Crippen LogP contribution is -2.59. The third-order valence-corrected chi connectivity index (χ3v) is 4.40. The van der Waals surface area contributed by atoms with E-state index in [2.05, 4.69) is 5.10 Å². The summed E-state index contributed by atoms with van der Waals surface area (Å²) in [5.74, 6) is 0. The molecule has 0 spiro atoms. The Labute approximate surface area is 120 Å². The first-order valence-corrected chi connectivity index (χ1v) is 5.84. The summed E-state index contributed by atoms with van der Waals surface area (Å²) in [5, 5.41) is 4.27. The van der Waals surface area contributed by atoms with Crippen molar-refractivity contribution in [3.63, 3.8) is 0 Å². The van der Waals surface area contributed by atoms with Crippen LogP contribution in [0.15, 0.2) is 5.10 Å². The molecule has 0 radical (unpaired) electrons. The first-order valence-electron chi connectivity index (χ1n) is 3.95. The Balaban J connectivity index is 3.11. The van der Waals surface area contributed by atoms with Crippen LogP contribution in [0.4, 0.5) is 13.2 Å². The number of halogens is 8. The van der Waals surface area contributed by atoms with Crippen LogP contribution in [0.5, 0.6) is 0 Å². The normalized spacial score (nSPS) is 22.5. The Morgan fingerprint density at radius 3 is 1.94 bits per heavy atom. The fourth-order valence-corrected chi connectivity index (χ4v) is 1.99. The predicted octanol–water partition coefficient (Wildman–Crippen LogP) is 3.57. The van der Waals surface area contributed by atoms with Crippen molar-refractivity contribution in [2.75, 3.05) is 7.05 Å². The van der Waals surface area contributed by atoms with Crippen molar-refractivity contribution < 1.29 is 13.2 Å². The van der Waals surface area contributed by atoms with E-state index < -0.39 is 20.6 Å². The average molecular weight is 353 g/mol. The molecule has 0 aromatic rings. The Bertz CT molecular complexity index is 326. The molecule has 3 nitrogen and oxygen atoms in total. The summed E-state index contributed by atoms with van der Waals surface area (Å²) in [6.07, 6.45) is -5.91. The molecule has 0 bridgehead atoms. The fourth-order valence-electron chi connectivity index (χ4n) is 1.20. The highest BCUT2D eigenvalue weighted by atomic mass is 35.6. The van der Waals surface area contributed by atoms with Gasteiger partial charge in [0.25, 0.3) is 0 Å². The minimum absolute atomic E-state index is 0.144. The van der Waals surface area contributed by atoms with Crippen LogP contribution in [0, 0.1) is 0 Å². The van der Waals surface area contributed by atoms with Gasteiger partial charge in [-0.05, 0) is 0 Å². The van der Waals surface area contributed by atoms with Gasteiger partial charge >= 0.3 is 6.30 Å². The van der Waals surface area contributed by atoms with Crippen molar-refractivity contribution in [2.24, 2.45) is 5.10 Å². The third-order valence-electron chi connectivity index (χ3n) is 1.97. The molecular formula is C6H5Cl5F3N3. The summed E-state index contributed by atoms with van der Waals surface area (Å²) < 4.78 is 33.3. The van der Waals surface area contributed by atoms with Crippen molar-refractivity contribution >= 4 is 64.3 Å². The molecule has 1 atom stereocenters. The van der Waals surface area contributed by atoms with Gasteiger partial charge < -0.3 is 0 Å². The molecule has 1 unspecified atom stereocenters. The number of alkyl halides is 8. The van der Waals surface area contributed by atoms with E-state index >= 15 is 0 Å². The van der Waals surface area contributed by atoms with Gasteiger partial charge in [0.1, 0.15) is 6.34 Å². The maximum absolute atomic E-state index is 12.7. The van der Waals surface area contributed by atoms with Crippen LogP contribution in [0.3, 0.4) is 0 Å². The van der Waals surface area contributed by atoms with Crippen LogP contribution >= 0.6 is 58.0 Å². The molecule has 1 aliphatic heterocycles. The summed E-state index contributed by atoms with van der Waals surface area (Å²) >= 11 is 27.9. The molecule has 0 fully saturated rings.